The molecule has 3 aromatic rings. The lowest BCUT2D eigenvalue weighted by molar-refractivity contribution is -0.139. The molecule has 7 nitrogen and oxygen atoms in total. The summed E-state index contributed by atoms with van der Waals surface area (Å²) in [5, 5.41) is 3.35. The van der Waals surface area contributed by atoms with Crippen LogP contribution in [0.2, 0.25) is 10.0 Å². The van der Waals surface area contributed by atoms with Gasteiger partial charge in [-0.1, -0.05) is 71.7 Å². The van der Waals surface area contributed by atoms with Crippen molar-refractivity contribution in [3.8, 4) is 0 Å². The summed E-state index contributed by atoms with van der Waals surface area (Å²) in [5.74, 6) is -0.884. The molecule has 208 valence electrons. The van der Waals surface area contributed by atoms with Gasteiger partial charge in [0.15, 0.2) is 0 Å². The summed E-state index contributed by atoms with van der Waals surface area (Å²) in [6.45, 7) is 6.84. The van der Waals surface area contributed by atoms with Crippen LogP contribution in [0.5, 0.6) is 0 Å². The van der Waals surface area contributed by atoms with Crippen molar-refractivity contribution in [1.82, 2.24) is 10.2 Å². The Morgan fingerprint density at radius 2 is 1.44 bits per heavy atom. The summed E-state index contributed by atoms with van der Waals surface area (Å²) < 4.78 is 28.5. The van der Waals surface area contributed by atoms with Gasteiger partial charge in [-0.15, -0.1) is 0 Å². The van der Waals surface area contributed by atoms with Gasteiger partial charge in [0.2, 0.25) is 11.8 Å². The van der Waals surface area contributed by atoms with E-state index in [0.717, 1.165) is 9.87 Å². The van der Waals surface area contributed by atoms with Gasteiger partial charge < -0.3 is 10.2 Å². The molecule has 0 bridgehead atoms. The Hall–Kier alpha value is -3.07. The van der Waals surface area contributed by atoms with Crippen LogP contribution in [0, 0.1) is 0 Å². The van der Waals surface area contributed by atoms with Crippen LogP contribution < -0.4 is 9.62 Å². The summed E-state index contributed by atoms with van der Waals surface area (Å²) in [7, 11) is -4.19. The molecule has 0 saturated carbocycles. The molecule has 0 radical (unpaired) electrons. The number of carbonyl (C=O) groups is 2. The number of amides is 2. The highest BCUT2D eigenvalue weighted by Gasteiger charge is 2.33. The van der Waals surface area contributed by atoms with Crippen molar-refractivity contribution < 1.29 is 18.0 Å². The van der Waals surface area contributed by atoms with Gasteiger partial charge in [-0.2, -0.15) is 0 Å². The van der Waals surface area contributed by atoms with Crippen molar-refractivity contribution in [2.45, 2.75) is 50.6 Å². The number of nitrogens with one attached hydrogen (secondary N) is 1. The predicted octanol–water partition coefficient (Wildman–Crippen LogP) is 5.56. The molecule has 0 aliphatic heterocycles. The molecule has 1 atom stereocenters. The number of rotatable bonds is 10. The maximum Gasteiger partial charge on any atom is 0.264 e. The predicted molar refractivity (Wildman–Crippen MR) is 157 cm³/mol. The highest BCUT2D eigenvalue weighted by Crippen LogP contribution is 2.30. The van der Waals surface area contributed by atoms with E-state index in [0.29, 0.717) is 6.42 Å². The Balaban J connectivity index is 2.00. The van der Waals surface area contributed by atoms with Crippen molar-refractivity contribution in [2.24, 2.45) is 0 Å². The zero-order valence-corrected chi connectivity index (χ0v) is 24.7. The van der Waals surface area contributed by atoms with Gasteiger partial charge in [-0.05, 0) is 70.0 Å². The lowest BCUT2D eigenvalue weighted by Crippen LogP contribution is -2.55. The summed E-state index contributed by atoms with van der Waals surface area (Å²) in [4.78, 5) is 28.4. The minimum atomic E-state index is -4.19. The van der Waals surface area contributed by atoms with Crippen LogP contribution >= 0.6 is 23.2 Å². The normalized spacial score (nSPS) is 12.5. The zero-order chi connectivity index (χ0) is 28.8. The maximum atomic E-state index is 13.9. The number of sulfonamides is 1. The molecule has 0 aliphatic rings. The second-order valence-corrected chi connectivity index (χ2v) is 12.9. The van der Waals surface area contributed by atoms with E-state index in [-0.39, 0.29) is 33.1 Å². The van der Waals surface area contributed by atoms with Crippen LogP contribution in [-0.2, 0) is 26.0 Å². The molecule has 0 heterocycles. The first kappa shape index (κ1) is 30.5. The Morgan fingerprint density at radius 1 is 0.897 bits per heavy atom. The number of nitrogens with zero attached hydrogens (tertiary/aromatic N) is 2. The third-order valence-corrected chi connectivity index (χ3v) is 8.12. The monoisotopic (exact) mass is 589 g/mol. The fourth-order valence-electron chi connectivity index (χ4n) is 3.98. The number of anilines is 1. The fourth-order valence-corrected chi connectivity index (χ4v) is 5.91. The molecule has 1 N–H and O–H groups in total. The van der Waals surface area contributed by atoms with Crippen LogP contribution in [0.25, 0.3) is 0 Å². The average Bonchev–Trinajstić information content (AvgIpc) is 2.86. The molecule has 0 fully saturated rings. The topological polar surface area (TPSA) is 86.8 Å². The number of carbonyl (C=O) groups excluding carboxylic acids is 2. The van der Waals surface area contributed by atoms with Crippen molar-refractivity contribution >= 4 is 50.7 Å². The van der Waals surface area contributed by atoms with Gasteiger partial charge in [0, 0.05) is 22.1 Å². The first-order valence-corrected chi connectivity index (χ1v) is 14.7. The van der Waals surface area contributed by atoms with Crippen LogP contribution in [0.4, 0.5) is 5.69 Å². The molecule has 2 amide bonds. The summed E-state index contributed by atoms with van der Waals surface area (Å²) in [6.07, 6.45) is 0.480. The summed E-state index contributed by atoms with van der Waals surface area (Å²) in [5.41, 5.74) is 0.605. The lowest BCUT2D eigenvalue weighted by atomic mass is 10.1. The van der Waals surface area contributed by atoms with Crippen LogP contribution in [-0.4, -0.2) is 49.8 Å². The van der Waals surface area contributed by atoms with Gasteiger partial charge >= 0.3 is 0 Å². The fraction of sp³-hybridized carbons (Fsp3) is 0.310. The Morgan fingerprint density at radius 3 is 1.97 bits per heavy atom. The smallest absolute Gasteiger partial charge is 0.264 e. The summed E-state index contributed by atoms with van der Waals surface area (Å²) in [6, 6.07) is 20.9. The molecule has 3 rings (SSSR count). The van der Waals surface area contributed by atoms with E-state index >= 15 is 0 Å². The van der Waals surface area contributed by atoms with Gasteiger partial charge in [0.05, 0.1) is 10.6 Å². The zero-order valence-electron chi connectivity index (χ0n) is 22.4. The van der Waals surface area contributed by atoms with Gasteiger partial charge in [-0.3, -0.25) is 13.9 Å². The Labute approximate surface area is 240 Å². The quantitative estimate of drug-likeness (QED) is 0.335. The molecule has 10 heteroatoms. The molecule has 3 aromatic carbocycles. The van der Waals surface area contributed by atoms with Crippen molar-refractivity contribution in [3.63, 3.8) is 0 Å². The third-order valence-electron chi connectivity index (χ3n) is 5.90. The first-order chi connectivity index (χ1) is 18.3. The number of hydrogen-bond donors (Lipinski definition) is 1. The second kappa shape index (κ2) is 12.9. The third kappa shape index (κ3) is 8.46. The average molecular weight is 591 g/mol. The number of hydrogen-bond acceptors (Lipinski definition) is 4. The standard InChI is InChI=1S/C29H33Cl2N3O4S/c1-21(28(36)32-29(2,3)4)33(16-15-22-11-7-5-8-12-22)27(35)20-34(25-18-23(30)17-24(31)19-25)39(37,38)26-13-9-6-10-14-26/h5-14,17-19,21H,15-16,20H2,1-4H3,(H,32,36)/t21-/m0/s1. The Kier molecular flexibility index (Phi) is 10.0. The van der Waals surface area contributed by atoms with E-state index in [2.05, 4.69) is 5.32 Å². The van der Waals surface area contributed by atoms with E-state index in [1.54, 1.807) is 25.1 Å². The Bertz CT molecular complexity index is 1370. The SMILES string of the molecule is C[C@@H](C(=O)NC(C)(C)C)N(CCc1ccccc1)C(=O)CN(c1cc(Cl)cc(Cl)c1)S(=O)(=O)c1ccccc1. The highest BCUT2D eigenvalue weighted by molar-refractivity contribution is 7.92. The first-order valence-electron chi connectivity index (χ1n) is 12.5. The van der Waals surface area contributed by atoms with Gasteiger partial charge in [0.25, 0.3) is 10.0 Å². The van der Waals surface area contributed by atoms with Crippen LogP contribution in [0.15, 0.2) is 83.8 Å². The minimum absolute atomic E-state index is 0.00302. The molecule has 0 unspecified atom stereocenters. The molecule has 39 heavy (non-hydrogen) atoms. The molecular weight excluding hydrogens is 557 g/mol. The van der Waals surface area contributed by atoms with E-state index in [1.165, 1.54) is 35.2 Å². The van der Waals surface area contributed by atoms with E-state index in [1.807, 2.05) is 51.1 Å². The van der Waals surface area contributed by atoms with Crippen LogP contribution in [0.1, 0.15) is 33.3 Å². The van der Waals surface area contributed by atoms with Crippen molar-refractivity contribution in [3.05, 3.63) is 94.5 Å². The second-order valence-electron chi connectivity index (χ2n) is 10.2. The van der Waals surface area contributed by atoms with Gasteiger partial charge in [-0.25, -0.2) is 8.42 Å². The van der Waals surface area contributed by atoms with E-state index in [4.69, 9.17) is 23.2 Å². The van der Waals surface area contributed by atoms with Crippen molar-refractivity contribution in [1.29, 1.82) is 0 Å². The molecule has 0 aliphatic carbocycles. The van der Waals surface area contributed by atoms with Gasteiger partial charge in [0.1, 0.15) is 12.6 Å². The number of halogens is 2. The molecule has 0 saturated heterocycles. The number of benzene rings is 3. The van der Waals surface area contributed by atoms with E-state index in [9.17, 15) is 18.0 Å². The molecular formula is C29H33Cl2N3O4S. The lowest BCUT2D eigenvalue weighted by Gasteiger charge is -2.33. The minimum Gasteiger partial charge on any atom is -0.350 e. The molecule has 0 aromatic heterocycles. The molecule has 0 spiro atoms. The van der Waals surface area contributed by atoms with Crippen LogP contribution in [0.3, 0.4) is 0 Å². The largest absolute Gasteiger partial charge is 0.350 e. The maximum absolute atomic E-state index is 13.9. The summed E-state index contributed by atoms with van der Waals surface area (Å²) >= 11 is 12.4. The van der Waals surface area contributed by atoms with Crippen molar-refractivity contribution in [2.75, 3.05) is 17.4 Å². The van der Waals surface area contributed by atoms with E-state index < -0.39 is 34.1 Å². The highest BCUT2D eigenvalue weighted by atomic mass is 35.5.